The third-order valence-corrected chi connectivity index (χ3v) is 5.43. The van der Waals surface area contributed by atoms with Crippen LogP contribution in [0.4, 0.5) is 0 Å². The highest BCUT2D eigenvalue weighted by molar-refractivity contribution is 5.76. The van der Waals surface area contributed by atoms with E-state index in [9.17, 15) is 0 Å². The van der Waals surface area contributed by atoms with Crippen LogP contribution in [-0.4, -0.2) is 4.57 Å². The molecule has 1 aromatic heterocycles. The van der Waals surface area contributed by atoms with Crippen molar-refractivity contribution in [2.45, 2.75) is 52.4 Å². The summed E-state index contributed by atoms with van der Waals surface area (Å²) in [5, 5.41) is 0. The third-order valence-electron chi connectivity index (χ3n) is 5.43. The molecule has 1 heterocycles. The zero-order chi connectivity index (χ0) is 20.8. The second kappa shape index (κ2) is 6.88. The fourth-order valence-electron chi connectivity index (χ4n) is 4.23. The molecule has 3 aromatic carbocycles. The molecule has 0 saturated heterocycles. The van der Waals surface area contributed by atoms with Crippen molar-refractivity contribution >= 4 is 11.0 Å². The minimum atomic E-state index is -0.0557. The van der Waals surface area contributed by atoms with Crippen molar-refractivity contribution in [3.8, 4) is 11.4 Å². The van der Waals surface area contributed by atoms with E-state index in [0.717, 1.165) is 0 Å². The van der Waals surface area contributed by atoms with Gasteiger partial charge in [0.25, 0.3) is 5.82 Å². The van der Waals surface area contributed by atoms with Crippen molar-refractivity contribution in [1.29, 1.82) is 0 Å². The molecule has 0 radical (unpaired) electrons. The Morgan fingerprint density at radius 2 is 1.21 bits per heavy atom. The Hall–Kier alpha value is -2.87. The molecular formula is C27H31N2+. The maximum absolute atomic E-state index is 2.48. The molecule has 29 heavy (non-hydrogen) atoms. The van der Waals surface area contributed by atoms with Gasteiger partial charge in [0.05, 0.1) is 5.41 Å². The van der Waals surface area contributed by atoms with Gasteiger partial charge < -0.3 is 0 Å². The minimum Gasteiger partial charge on any atom is -0.192 e. The average molecular weight is 384 g/mol. The van der Waals surface area contributed by atoms with E-state index in [1.165, 1.54) is 33.8 Å². The van der Waals surface area contributed by atoms with Gasteiger partial charge in [0.15, 0.2) is 11.0 Å². The third kappa shape index (κ3) is 3.37. The molecule has 2 heteroatoms. The highest BCUT2D eigenvalue weighted by atomic mass is 15.2. The highest BCUT2D eigenvalue weighted by Crippen LogP contribution is 2.33. The average Bonchev–Trinajstić information content (AvgIpc) is 3.03. The number of rotatable bonds is 2. The van der Waals surface area contributed by atoms with E-state index in [4.69, 9.17) is 0 Å². The van der Waals surface area contributed by atoms with Crippen LogP contribution in [0.3, 0.4) is 0 Å². The van der Waals surface area contributed by atoms with Crippen LogP contribution in [0.5, 0.6) is 0 Å². The molecule has 148 valence electrons. The molecule has 4 aromatic rings. The van der Waals surface area contributed by atoms with Gasteiger partial charge >= 0.3 is 0 Å². The molecule has 0 aliphatic heterocycles. The molecule has 0 amide bonds. The molecule has 0 N–H and O–H groups in total. The first kappa shape index (κ1) is 19.4. The molecule has 0 aliphatic rings. The summed E-state index contributed by atoms with van der Waals surface area (Å²) in [6, 6.07) is 28.3. The topological polar surface area (TPSA) is 8.81 Å². The first-order valence-electron chi connectivity index (χ1n) is 10.4. The van der Waals surface area contributed by atoms with E-state index in [0.29, 0.717) is 0 Å². The Kier molecular flexibility index (Phi) is 4.61. The van der Waals surface area contributed by atoms with Crippen LogP contribution >= 0.6 is 0 Å². The maximum atomic E-state index is 2.48. The van der Waals surface area contributed by atoms with Gasteiger partial charge in [0.2, 0.25) is 0 Å². The molecule has 0 atom stereocenters. The number of nitrogens with zero attached hydrogens (tertiary/aromatic N) is 2. The molecule has 4 rings (SSSR count). The largest absolute Gasteiger partial charge is 0.273 e. The fourth-order valence-corrected chi connectivity index (χ4v) is 4.23. The summed E-state index contributed by atoms with van der Waals surface area (Å²) < 4.78 is 4.90. The number of hydrogen-bond donors (Lipinski definition) is 0. The van der Waals surface area contributed by atoms with Crippen LogP contribution in [0.15, 0.2) is 78.9 Å². The van der Waals surface area contributed by atoms with Gasteiger partial charge in [-0.05, 0) is 56.5 Å². The number of hydrogen-bond acceptors (Lipinski definition) is 0. The predicted octanol–water partition coefficient (Wildman–Crippen LogP) is 6.50. The van der Waals surface area contributed by atoms with Crippen molar-refractivity contribution in [1.82, 2.24) is 4.57 Å². The van der Waals surface area contributed by atoms with Crippen LogP contribution < -0.4 is 4.57 Å². The first-order chi connectivity index (χ1) is 13.7. The molecule has 0 aliphatic carbocycles. The van der Waals surface area contributed by atoms with Gasteiger partial charge in [-0.3, -0.25) is 0 Å². The van der Waals surface area contributed by atoms with E-state index in [2.05, 4.69) is 130 Å². The van der Waals surface area contributed by atoms with Gasteiger partial charge in [0.1, 0.15) is 11.4 Å². The molecule has 0 fully saturated rings. The number of aromatic nitrogens is 2. The monoisotopic (exact) mass is 383 g/mol. The van der Waals surface area contributed by atoms with Crippen molar-refractivity contribution < 1.29 is 4.57 Å². The summed E-state index contributed by atoms with van der Waals surface area (Å²) >= 11 is 0. The number of fused-ring (bicyclic) bond motifs is 1. The summed E-state index contributed by atoms with van der Waals surface area (Å²) in [4.78, 5) is 0. The molecule has 0 unspecified atom stereocenters. The van der Waals surface area contributed by atoms with E-state index in [1.54, 1.807) is 0 Å². The van der Waals surface area contributed by atoms with Crippen LogP contribution in [-0.2, 0) is 10.8 Å². The second-order valence-electron chi connectivity index (χ2n) is 9.84. The first-order valence-corrected chi connectivity index (χ1v) is 10.4. The van der Waals surface area contributed by atoms with Crippen molar-refractivity contribution in [2.24, 2.45) is 0 Å². The Labute approximate surface area is 174 Å². The lowest BCUT2D eigenvalue weighted by Gasteiger charge is -2.23. The van der Waals surface area contributed by atoms with E-state index >= 15 is 0 Å². The van der Waals surface area contributed by atoms with E-state index < -0.39 is 0 Å². The minimum absolute atomic E-state index is 0.0503. The summed E-state index contributed by atoms with van der Waals surface area (Å²) in [7, 11) is 0. The lowest BCUT2D eigenvalue weighted by molar-refractivity contribution is -0.582. The molecule has 2 nitrogen and oxygen atoms in total. The van der Waals surface area contributed by atoms with Gasteiger partial charge in [0, 0.05) is 5.56 Å². The molecule has 0 spiro atoms. The SMILES string of the molecule is CC(C)(C)c1ccccc1-[n+]1c(C(C)(C)C)n(-c2ccccc2)c2ccccc21. The number of benzene rings is 3. The Bertz CT molecular complexity index is 1150. The summed E-state index contributed by atoms with van der Waals surface area (Å²) in [5.74, 6) is 1.28. The summed E-state index contributed by atoms with van der Waals surface area (Å²) in [6.45, 7) is 13.8. The molecule has 0 bridgehead atoms. The Morgan fingerprint density at radius 3 is 1.86 bits per heavy atom. The summed E-state index contributed by atoms with van der Waals surface area (Å²) in [5.41, 5.74) is 6.27. The normalized spacial score (nSPS) is 12.5. The second-order valence-corrected chi connectivity index (χ2v) is 9.84. The maximum Gasteiger partial charge on any atom is 0.273 e. The van der Waals surface area contributed by atoms with Crippen LogP contribution in [0, 0.1) is 0 Å². The predicted molar refractivity (Wildman–Crippen MR) is 122 cm³/mol. The van der Waals surface area contributed by atoms with Gasteiger partial charge in [-0.25, -0.2) is 0 Å². The number of para-hydroxylation sites is 4. The van der Waals surface area contributed by atoms with Gasteiger partial charge in [-0.15, -0.1) is 0 Å². The van der Waals surface area contributed by atoms with Gasteiger partial charge in [-0.2, -0.15) is 9.13 Å². The van der Waals surface area contributed by atoms with Crippen LogP contribution in [0.25, 0.3) is 22.4 Å². The Balaban J connectivity index is 2.21. The standard InChI is InChI=1S/C27H31N2/c1-26(2,3)21-16-10-11-17-22(21)29-24-19-13-12-18-23(24)28(25(29)27(4,5)6)20-14-8-7-9-15-20/h7-19H,1-6H3/q+1. The van der Waals surface area contributed by atoms with Crippen molar-refractivity contribution in [2.75, 3.05) is 0 Å². The zero-order valence-electron chi connectivity index (χ0n) is 18.4. The van der Waals surface area contributed by atoms with Crippen LogP contribution in [0.2, 0.25) is 0 Å². The van der Waals surface area contributed by atoms with Crippen LogP contribution in [0.1, 0.15) is 52.9 Å². The quantitative estimate of drug-likeness (QED) is 0.349. The fraction of sp³-hybridized carbons (Fsp3) is 0.296. The lowest BCUT2D eigenvalue weighted by atomic mass is 9.85. The van der Waals surface area contributed by atoms with Gasteiger partial charge in [-0.1, -0.05) is 69.3 Å². The van der Waals surface area contributed by atoms with Crippen molar-refractivity contribution in [3.05, 3.63) is 90.3 Å². The highest BCUT2D eigenvalue weighted by Gasteiger charge is 2.37. The number of imidazole rings is 1. The molecular weight excluding hydrogens is 352 g/mol. The summed E-state index contributed by atoms with van der Waals surface area (Å²) in [6.07, 6.45) is 0. The molecule has 0 saturated carbocycles. The van der Waals surface area contributed by atoms with E-state index in [-0.39, 0.29) is 10.8 Å². The van der Waals surface area contributed by atoms with E-state index in [1.807, 2.05) is 0 Å². The smallest absolute Gasteiger partial charge is 0.192 e. The van der Waals surface area contributed by atoms with Crippen molar-refractivity contribution in [3.63, 3.8) is 0 Å². The lowest BCUT2D eigenvalue weighted by Crippen LogP contribution is -2.43. The zero-order valence-corrected chi connectivity index (χ0v) is 18.4. The Morgan fingerprint density at radius 1 is 0.621 bits per heavy atom.